The highest BCUT2D eigenvalue weighted by Crippen LogP contribution is 2.33. The number of aromatic nitrogens is 2. The third-order valence-corrected chi connectivity index (χ3v) is 4.81. The molecule has 6 heteroatoms. The second kappa shape index (κ2) is 5.49. The van der Waals surface area contributed by atoms with Gasteiger partial charge in [-0.3, -0.25) is 0 Å². The lowest BCUT2D eigenvalue weighted by Crippen LogP contribution is -2.02. The lowest BCUT2D eigenvalue weighted by atomic mass is 10.1. The molecule has 0 bridgehead atoms. The Morgan fingerprint density at radius 3 is 2.74 bits per heavy atom. The molecule has 2 heterocycles. The third-order valence-electron chi connectivity index (χ3n) is 2.94. The normalized spacial score (nSPS) is 13.6. The standard InChI is InChI=1S/C13H9Cl3N2S/c14-8-2-1-7(10(15)4-8)3-12-17-11-6-19-5-9(11)13(16)18-12/h1-2,4H,3,5-6H2. The van der Waals surface area contributed by atoms with Gasteiger partial charge in [-0.15, -0.1) is 0 Å². The monoisotopic (exact) mass is 330 g/mol. The Kier molecular flexibility index (Phi) is 3.90. The van der Waals surface area contributed by atoms with Gasteiger partial charge in [0.15, 0.2) is 0 Å². The fraction of sp³-hybridized carbons (Fsp3) is 0.231. The zero-order valence-corrected chi connectivity index (χ0v) is 12.9. The highest BCUT2D eigenvalue weighted by atomic mass is 35.5. The molecule has 0 saturated carbocycles. The quantitative estimate of drug-likeness (QED) is 0.741. The van der Waals surface area contributed by atoms with Crippen LogP contribution in [0.3, 0.4) is 0 Å². The molecule has 1 aromatic carbocycles. The zero-order chi connectivity index (χ0) is 13.4. The first-order valence-corrected chi connectivity index (χ1v) is 7.98. The molecule has 2 aromatic rings. The van der Waals surface area contributed by atoms with Crippen molar-refractivity contribution in [1.29, 1.82) is 0 Å². The molecule has 0 saturated heterocycles. The van der Waals surface area contributed by atoms with Gasteiger partial charge in [0.1, 0.15) is 11.0 Å². The van der Waals surface area contributed by atoms with Gasteiger partial charge in [0.25, 0.3) is 0 Å². The van der Waals surface area contributed by atoms with Crippen LogP contribution in [0.5, 0.6) is 0 Å². The van der Waals surface area contributed by atoms with Crippen molar-refractivity contribution in [2.24, 2.45) is 0 Å². The number of thioether (sulfide) groups is 1. The first-order valence-electron chi connectivity index (χ1n) is 5.69. The van der Waals surface area contributed by atoms with Gasteiger partial charge in [0.05, 0.1) is 5.69 Å². The van der Waals surface area contributed by atoms with Crippen LogP contribution in [0.1, 0.15) is 22.6 Å². The van der Waals surface area contributed by atoms with Crippen molar-refractivity contribution in [2.45, 2.75) is 17.9 Å². The number of halogens is 3. The smallest absolute Gasteiger partial charge is 0.137 e. The van der Waals surface area contributed by atoms with E-state index in [1.807, 2.05) is 12.1 Å². The number of benzene rings is 1. The van der Waals surface area contributed by atoms with Crippen LogP contribution in [-0.2, 0) is 17.9 Å². The zero-order valence-electron chi connectivity index (χ0n) is 9.79. The first-order chi connectivity index (χ1) is 9.13. The topological polar surface area (TPSA) is 25.8 Å². The molecule has 1 aromatic heterocycles. The lowest BCUT2D eigenvalue weighted by molar-refractivity contribution is 0.928. The maximum Gasteiger partial charge on any atom is 0.137 e. The van der Waals surface area contributed by atoms with E-state index in [1.165, 1.54) is 0 Å². The molecule has 0 radical (unpaired) electrons. The highest BCUT2D eigenvalue weighted by Gasteiger charge is 2.19. The summed E-state index contributed by atoms with van der Waals surface area (Å²) in [5.74, 6) is 2.50. The minimum Gasteiger partial charge on any atom is -0.236 e. The fourth-order valence-corrected chi connectivity index (χ4v) is 3.84. The average Bonchev–Trinajstić information content (AvgIpc) is 2.81. The number of hydrogen-bond acceptors (Lipinski definition) is 3. The minimum absolute atomic E-state index is 0.563. The summed E-state index contributed by atoms with van der Waals surface area (Å²) >= 11 is 20.0. The van der Waals surface area contributed by atoms with Gasteiger partial charge < -0.3 is 0 Å². The fourth-order valence-electron chi connectivity index (χ4n) is 1.97. The summed E-state index contributed by atoms with van der Waals surface area (Å²) in [5, 5.41) is 1.82. The molecule has 19 heavy (non-hydrogen) atoms. The van der Waals surface area contributed by atoms with E-state index < -0.39 is 0 Å². The van der Waals surface area contributed by atoms with E-state index in [-0.39, 0.29) is 0 Å². The van der Waals surface area contributed by atoms with Crippen molar-refractivity contribution >= 4 is 46.6 Å². The van der Waals surface area contributed by atoms with Crippen LogP contribution >= 0.6 is 46.6 Å². The summed E-state index contributed by atoms with van der Waals surface area (Å²) in [6.07, 6.45) is 0.563. The van der Waals surface area contributed by atoms with E-state index in [0.717, 1.165) is 28.3 Å². The predicted molar refractivity (Wildman–Crippen MR) is 81.3 cm³/mol. The molecule has 0 aliphatic carbocycles. The molecule has 1 aliphatic rings. The third kappa shape index (κ3) is 2.84. The van der Waals surface area contributed by atoms with Crippen molar-refractivity contribution in [1.82, 2.24) is 9.97 Å². The van der Waals surface area contributed by atoms with Gasteiger partial charge in [-0.25, -0.2) is 9.97 Å². The van der Waals surface area contributed by atoms with Gasteiger partial charge in [0.2, 0.25) is 0 Å². The highest BCUT2D eigenvalue weighted by molar-refractivity contribution is 7.98. The molecule has 0 fully saturated rings. The molecule has 3 rings (SSSR count). The SMILES string of the molecule is Clc1ccc(Cc2nc(Cl)c3c(n2)CSC3)c(Cl)c1. The molecule has 0 N–H and O–H groups in total. The van der Waals surface area contributed by atoms with Crippen LogP contribution in [0.2, 0.25) is 15.2 Å². The maximum absolute atomic E-state index is 6.19. The van der Waals surface area contributed by atoms with Crippen LogP contribution < -0.4 is 0 Å². The van der Waals surface area contributed by atoms with Crippen LogP contribution in [-0.4, -0.2) is 9.97 Å². The Morgan fingerprint density at radius 2 is 1.95 bits per heavy atom. The molecule has 0 unspecified atom stereocenters. The van der Waals surface area contributed by atoms with E-state index in [1.54, 1.807) is 17.8 Å². The van der Waals surface area contributed by atoms with Crippen molar-refractivity contribution in [3.8, 4) is 0 Å². The predicted octanol–water partition coefficient (Wildman–Crippen LogP) is 4.77. The molecule has 0 amide bonds. The number of nitrogens with zero attached hydrogens (tertiary/aromatic N) is 2. The van der Waals surface area contributed by atoms with Crippen molar-refractivity contribution < 1.29 is 0 Å². The second-order valence-corrected chi connectivity index (χ2v) is 6.45. The van der Waals surface area contributed by atoms with Crippen LogP contribution in [0.4, 0.5) is 0 Å². The van der Waals surface area contributed by atoms with Crippen LogP contribution in [0.25, 0.3) is 0 Å². The van der Waals surface area contributed by atoms with Crippen molar-refractivity contribution in [2.75, 3.05) is 0 Å². The maximum atomic E-state index is 6.19. The Labute approximate surface area is 130 Å². The van der Waals surface area contributed by atoms with E-state index in [4.69, 9.17) is 34.8 Å². The number of rotatable bonds is 2. The lowest BCUT2D eigenvalue weighted by Gasteiger charge is -2.07. The van der Waals surface area contributed by atoms with Crippen molar-refractivity contribution in [3.05, 3.63) is 56.0 Å². The van der Waals surface area contributed by atoms with E-state index in [9.17, 15) is 0 Å². The van der Waals surface area contributed by atoms with Gasteiger partial charge in [-0.05, 0) is 17.7 Å². The molecular formula is C13H9Cl3N2S. The molecule has 1 aliphatic heterocycles. The summed E-state index contributed by atoms with van der Waals surface area (Å²) in [7, 11) is 0. The summed E-state index contributed by atoms with van der Waals surface area (Å²) in [6.45, 7) is 0. The Bertz CT molecular complexity index is 646. The molecule has 2 nitrogen and oxygen atoms in total. The van der Waals surface area contributed by atoms with Crippen LogP contribution in [0.15, 0.2) is 18.2 Å². The number of hydrogen-bond donors (Lipinski definition) is 0. The van der Waals surface area contributed by atoms with Gasteiger partial charge >= 0.3 is 0 Å². The average molecular weight is 332 g/mol. The van der Waals surface area contributed by atoms with Gasteiger partial charge in [-0.1, -0.05) is 40.9 Å². The Morgan fingerprint density at radius 1 is 1.11 bits per heavy atom. The van der Waals surface area contributed by atoms with E-state index in [2.05, 4.69) is 9.97 Å². The minimum atomic E-state index is 0.563. The first kappa shape index (κ1) is 13.5. The van der Waals surface area contributed by atoms with Gasteiger partial charge in [0, 0.05) is 33.5 Å². The van der Waals surface area contributed by atoms with Gasteiger partial charge in [-0.2, -0.15) is 11.8 Å². The second-order valence-electron chi connectivity index (χ2n) is 4.26. The van der Waals surface area contributed by atoms with E-state index in [0.29, 0.717) is 27.4 Å². The molecule has 0 spiro atoms. The number of fused-ring (bicyclic) bond motifs is 1. The summed E-state index contributed by atoms with van der Waals surface area (Å²) in [6, 6.07) is 5.43. The van der Waals surface area contributed by atoms with Crippen molar-refractivity contribution in [3.63, 3.8) is 0 Å². The summed E-state index contributed by atoms with van der Waals surface area (Å²) in [5.41, 5.74) is 3.07. The summed E-state index contributed by atoms with van der Waals surface area (Å²) in [4.78, 5) is 8.92. The largest absolute Gasteiger partial charge is 0.236 e. The molecule has 0 atom stereocenters. The molecule has 98 valence electrons. The molecular weight excluding hydrogens is 323 g/mol. The van der Waals surface area contributed by atoms with Crippen LogP contribution in [0, 0.1) is 0 Å². The Balaban J connectivity index is 1.93. The van der Waals surface area contributed by atoms with E-state index >= 15 is 0 Å². The summed E-state index contributed by atoms with van der Waals surface area (Å²) < 4.78 is 0. The Hall–Kier alpha value is -0.480.